The van der Waals surface area contributed by atoms with Crippen LogP contribution >= 0.6 is 11.3 Å². The van der Waals surface area contributed by atoms with E-state index in [1.54, 1.807) is 11.3 Å². The van der Waals surface area contributed by atoms with Crippen molar-refractivity contribution in [1.29, 1.82) is 5.26 Å². The number of hydrogen-bond acceptors (Lipinski definition) is 4. The maximum absolute atomic E-state index is 8.46. The molecule has 15 heavy (non-hydrogen) atoms. The summed E-state index contributed by atoms with van der Waals surface area (Å²) in [5.74, 6) is 1.68. The zero-order chi connectivity index (χ0) is 10.7. The molecule has 2 aromatic rings. The molecule has 0 amide bonds. The summed E-state index contributed by atoms with van der Waals surface area (Å²) < 4.78 is 5.47. The molecule has 4 heteroatoms. The van der Waals surface area contributed by atoms with Gasteiger partial charge < -0.3 is 4.42 Å². The first-order valence-corrected chi connectivity index (χ1v) is 5.56. The lowest BCUT2D eigenvalue weighted by molar-refractivity contribution is 0.546. The average molecular weight is 218 g/mol. The molecule has 0 aliphatic rings. The van der Waals surface area contributed by atoms with Gasteiger partial charge in [-0.2, -0.15) is 5.26 Å². The lowest BCUT2D eigenvalue weighted by Crippen LogP contribution is -1.81. The van der Waals surface area contributed by atoms with Gasteiger partial charge in [-0.15, -0.1) is 11.3 Å². The predicted octanol–water partition coefficient (Wildman–Crippen LogP) is 3.17. The number of nitriles is 1. The molecular weight excluding hydrogens is 208 g/mol. The number of thiazole rings is 1. The summed E-state index contributed by atoms with van der Waals surface area (Å²) in [5, 5.41) is 11.4. The van der Waals surface area contributed by atoms with Gasteiger partial charge in [0.2, 0.25) is 0 Å². The molecule has 2 aromatic heterocycles. The van der Waals surface area contributed by atoms with Crippen LogP contribution in [0.2, 0.25) is 0 Å². The second-order valence-electron chi connectivity index (χ2n) is 3.19. The van der Waals surface area contributed by atoms with E-state index >= 15 is 0 Å². The number of aryl methyl sites for hydroxylation is 2. The van der Waals surface area contributed by atoms with Gasteiger partial charge in [0.05, 0.1) is 11.1 Å². The summed E-state index contributed by atoms with van der Waals surface area (Å²) in [6.45, 7) is 1.91. The highest BCUT2D eigenvalue weighted by molar-refractivity contribution is 7.09. The second-order valence-corrected chi connectivity index (χ2v) is 4.14. The molecule has 2 heterocycles. The Morgan fingerprint density at radius 3 is 3.07 bits per heavy atom. The first kappa shape index (κ1) is 9.94. The summed E-state index contributed by atoms with van der Waals surface area (Å²) in [6.07, 6.45) is 1.24. The maximum atomic E-state index is 8.46. The van der Waals surface area contributed by atoms with Crippen LogP contribution in [0.15, 0.2) is 21.9 Å². The quantitative estimate of drug-likeness (QED) is 0.795. The molecule has 0 aliphatic heterocycles. The van der Waals surface area contributed by atoms with E-state index in [4.69, 9.17) is 9.68 Å². The molecule has 76 valence electrons. The third-order valence-corrected chi connectivity index (χ3v) is 2.90. The van der Waals surface area contributed by atoms with Crippen molar-refractivity contribution in [2.45, 2.75) is 19.8 Å². The van der Waals surface area contributed by atoms with Gasteiger partial charge in [-0.1, -0.05) is 0 Å². The van der Waals surface area contributed by atoms with E-state index in [2.05, 4.69) is 11.1 Å². The van der Waals surface area contributed by atoms with Crippen molar-refractivity contribution >= 4 is 11.3 Å². The van der Waals surface area contributed by atoms with Crippen molar-refractivity contribution in [2.24, 2.45) is 0 Å². The Kier molecular flexibility index (Phi) is 2.84. The van der Waals surface area contributed by atoms with Gasteiger partial charge in [0.25, 0.3) is 0 Å². The van der Waals surface area contributed by atoms with Crippen molar-refractivity contribution in [3.8, 4) is 17.5 Å². The van der Waals surface area contributed by atoms with E-state index in [1.165, 1.54) is 0 Å². The van der Waals surface area contributed by atoms with Gasteiger partial charge in [0.1, 0.15) is 11.5 Å². The van der Waals surface area contributed by atoms with E-state index in [-0.39, 0.29) is 0 Å². The fourth-order valence-corrected chi connectivity index (χ4v) is 2.06. The normalized spacial score (nSPS) is 10.1. The molecule has 0 fully saturated rings. The first-order chi connectivity index (χ1) is 7.29. The van der Waals surface area contributed by atoms with Gasteiger partial charge in [0, 0.05) is 18.2 Å². The molecule has 0 saturated heterocycles. The highest BCUT2D eigenvalue weighted by Crippen LogP contribution is 2.24. The monoisotopic (exact) mass is 218 g/mol. The van der Waals surface area contributed by atoms with Crippen LogP contribution in [0.4, 0.5) is 0 Å². The second kappa shape index (κ2) is 4.28. The van der Waals surface area contributed by atoms with Crippen molar-refractivity contribution in [1.82, 2.24) is 4.98 Å². The number of rotatable bonds is 3. The molecule has 0 aliphatic carbocycles. The van der Waals surface area contributed by atoms with E-state index in [9.17, 15) is 0 Å². The third-order valence-electron chi connectivity index (χ3n) is 2.00. The van der Waals surface area contributed by atoms with Crippen LogP contribution in [-0.2, 0) is 6.42 Å². The third kappa shape index (κ3) is 2.25. The van der Waals surface area contributed by atoms with Crippen LogP contribution < -0.4 is 0 Å². The zero-order valence-electron chi connectivity index (χ0n) is 8.36. The van der Waals surface area contributed by atoms with Gasteiger partial charge in [-0.3, -0.25) is 0 Å². The fraction of sp³-hybridized carbons (Fsp3) is 0.273. The highest BCUT2D eigenvalue weighted by Gasteiger charge is 2.07. The van der Waals surface area contributed by atoms with Crippen LogP contribution in [0.1, 0.15) is 17.2 Å². The molecule has 0 N–H and O–H groups in total. The molecule has 2 rings (SSSR count). The van der Waals surface area contributed by atoms with Crippen LogP contribution in [0.3, 0.4) is 0 Å². The Morgan fingerprint density at radius 2 is 2.40 bits per heavy atom. The minimum Gasteiger partial charge on any atom is -0.460 e. The summed E-state index contributed by atoms with van der Waals surface area (Å²) in [5.41, 5.74) is 0.862. The Morgan fingerprint density at radius 1 is 1.53 bits per heavy atom. The Bertz CT molecular complexity index is 493. The minimum absolute atomic E-state index is 0.518. The zero-order valence-corrected chi connectivity index (χ0v) is 9.17. The summed E-state index contributed by atoms with van der Waals surface area (Å²) in [7, 11) is 0. The Balaban J connectivity index is 2.17. The molecule has 0 bridgehead atoms. The van der Waals surface area contributed by atoms with Crippen molar-refractivity contribution in [3.63, 3.8) is 0 Å². The minimum atomic E-state index is 0.518. The van der Waals surface area contributed by atoms with Gasteiger partial charge in [0.15, 0.2) is 5.76 Å². The van der Waals surface area contributed by atoms with Crippen LogP contribution in [-0.4, -0.2) is 4.98 Å². The SMILES string of the molecule is Cc1ccc(-c2csc(CCC#N)n2)o1. The fourth-order valence-electron chi connectivity index (χ4n) is 1.27. The molecule has 0 unspecified atom stereocenters. The van der Waals surface area contributed by atoms with Gasteiger partial charge >= 0.3 is 0 Å². The maximum Gasteiger partial charge on any atom is 0.153 e. The van der Waals surface area contributed by atoms with Crippen LogP contribution in [0, 0.1) is 18.3 Å². The van der Waals surface area contributed by atoms with Crippen molar-refractivity contribution in [2.75, 3.05) is 0 Å². The molecule has 0 aromatic carbocycles. The highest BCUT2D eigenvalue weighted by atomic mass is 32.1. The molecule has 3 nitrogen and oxygen atoms in total. The standard InChI is InChI=1S/C11H10N2OS/c1-8-4-5-10(14-8)9-7-15-11(13-9)3-2-6-12/h4-5,7H,2-3H2,1H3. The first-order valence-electron chi connectivity index (χ1n) is 4.68. The van der Waals surface area contributed by atoms with Crippen molar-refractivity contribution in [3.05, 3.63) is 28.3 Å². The lowest BCUT2D eigenvalue weighted by Gasteiger charge is -1.89. The summed E-state index contributed by atoms with van der Waals surface area (Å²) in [4.78, 5) is 4.40. The summed E-state index contributed by atoms with van der Waals surface area (Å²) in [6, 6.07) is 5.95. The topological polar surface area (TPSA) is 49.8 Å². The van der Waals surface area contributed by atoms with E-state index in [1.807, 2.05) is 24.4 Å². The Labute approximate surface area is 92.0 Å². The van der Waals surface area contributed by atoms with E-state index in [0.29, 0.717) is 6.42 Å². The molecular formula is C11H10N2OS. The average Bonchev–Trinajstić information content (AvgIpc) is 2.83. The number of nitrogens with zero attached hydrogens (tertiary/aromatic N) is 2. The number of hydrogen-bond donors (Lipinski definition) is 0. The smallest absolute Gasteiger partial charge is 0.153 e. The lowest BCUT2D eigenvalue weighted by atomic mass is 10.3. The van der Waals surface area contributed by atoms with Gasteiger partial charge in [-0.25, -0.2) is 4.98 Å². The Hall–Kier alpha value is -1.60. The molecule has 0 saturated carbocycles. The number of aromatic nitrogens is 1. The predicted molar refractivity (Wildman–Crippen MR) is 58.5 cm³/mol. The van der Waals surface area contributed by atoms with Crippen molar-refractivity contribution < 1.29 is 4.42 Å². The number of furan rings is 1. The van der Waals surface area contributed by atoms with Crippen LogP contribution in [0.25, 0.3) is 11.5 Å². The molecule has 0 spiro atoms. The van der Waals surface area contributed by atoms with E-state index < -0.39 is 0 Å². The van der Waals surface area contributed by atoms with Crippen LogP contribution in [0.5, 0.6) is 0 Å². The molecule has 0 radical (unpaired) electrons. The summed E-state index contributed by atoms with van der Waals surface area (Å²) >= 11 is 1.57. The van der Waals surface area contributed by atoms with Gasteiger partial charge in [-0.05, 0) is 19.1 Å². The largest absolute Gasteiger partial charge is 0.460 e. The van der Waals surface area contributed by atoms with E-state index in [0.717, 1.165) is 28.6 Å². The molecule has 0 atom stereocenters.